The Hall–Kier alpha value is -1.66. The van der Waals surface area contributed by atoms with E-state index in [4.69, 9.17) is 11.6 Å². The Labute approximate surface area is 131 Å². The molecule has 0 aliphatic heterocycles. The molecule has 2 aromatic rings. The van der Waals surface area contributed by atoms with E-state index in [-0.39, 0.29) is 5.69 Å². The summed E-state index contributed by atoms with van der Waals surface area (Å²) in [5, 5.41) is 11.9. The maximum atomic E-state index is 10.6. The molecule has 1 aromatic carbocycles. The second-order valence-corrected chi connectivity index (χ2v) is 5.88. The first-order valence-electron chi connectivity index (χ1n) is 6.46. The molecule has 0 N–H and O–H groups in total. The minimum atomic E-state index is -0.416. The van der Waals surface area contributed by atoms with Gasteiger partial charge in [0.25, 0.3) is 5.69 Å². The van der Waals surface area contributed by atoms with Crippen molar-refractivity contribution in [3.05, 3.63) is 50.9 Å². The van der Waals surface area contributed by atoms with Gasteiger partial charge in [-0.05, 0) is 25.5 Å². The highest BCUT2D eigenvalue weighted by Gasteiger charge is 2.11. The summed E-state index contributed by atoms with van der Waals surface area (Å²) in [5.41, 5.74) is 0.892. The zero-order chi connectivity index (χ0) is 15.4. The molecule has 0 aliphatic carbocycles. The van der Waals surface area contributed by atoms with Crippen LogP contribution in [0.2, 0.25) is 5.15 Å². The molecule has 0 fully saturated rings. The first-order chi connectivity index (χ1) is 10.0. The predicted molar refractivity (Wildman–Crippen MR) is 83.0 cm³/mol. The lowest BCUT2D eigenvalue weighted by atomic mass is 10.3. The van der Waals surface area contributed by atoms with E-state index in [1.54, 1.807) is 12.1 Å². The van der Waals surface area contributed by atoms with Gasteiger partial charge in [-0.3, -0.25) is 10.1 Å². The average Bonchev–Trinajstić information content (AvgIpc) is 2.45. The molecule has 0 radical (unpaired) electrons. The van der Waals surface area contributed by atoms with Crippen molar-refractivity contribution in [2.75, 3.05) is 0 Å². The van der Waals surface area contributed by atoms with Gasteiger partial charge in [0.1, 0.15) is 16.0 Å². The SMILES string of the molecule is CCCc1nc(Cl)c(C)c(Sc2ccc([N+](=O)[O-])cc2)n1. The van der Waals surface area contributed by atoms with Gasteiger partial charge in [-0.25, -0.2) is 9.97 Å². The molecule has 2 rings (SSSR count). The van der Waals surface area contributed by atoms with Gasteiger partial charge in [-0.15, -0.1) is 0 Å². The number of aromatic nitrogens is 2. The van der Waals surface area contributed by atoms with E-state index in [0.717, 1.165) is 34.2 Å². The Kier molecular flexibility index (Phi) is 5.14. The normalized spacial score (nSPS) is 10.6. The van der Waals surface area contributed by atoms with E-state index in [2.05, 4.69) is 16.9 Å². The van der Waals surface area contributed by atoms with Crippen LogP contribution in [0, 0.1) is 17.0 Å². The van der Waals surface area contributed by atoms with Gasteiger partial charge in [0.15, 0.2) is 0 Å². The molecule has 0 saturated heterocycles. The lowest BCUT2D eigenvalue weighted by Gasteiger charge is -2.08. The Morgan fingerprint density at radius 3 is 2.52 bits per heavy atom. The summed E-state index contributed by atoms with van der Waals surface area (Å²) in [5.74, 6) is 0.720. The number of non-ortho nitro benzene ring substituents is 1. The third kappa shape index (κ3) is 3.92. The molecule has 0 atom stereocenters. The number of nitro groups is 1. The topological polar surface area (TPSA) is 68.9 Å². The second kappa shape index (κ2) is 6.87. The molecule has 5 nitrogen and oxygen atoms in total. The number of halogens is 1. The van der Waals surface area contributed by atoms with Crippen molar-refractivity contribution in [1.29, 1.82) is 0 Å². The van der Waals surface area contributed by atoms with Crippen molar-refractivity contribution in [1.82, 2.24) is 9.97 Å². The van der Waals surface area contributed by atoms with Gasteiger partial charge in [-0.2, -0.15) is 0 Å². The van der Waals surface area contributed by atoms with Crippen LogP contribution in [0.3, 0.4) is 0 Å². The smallest absolute Gasteiger partial charge is 0.258 e. The molecule has 1 aromatic heterocycles. The fourth-order valence-corrected chi connectivity index (χ4v) is 2.83. The Morgan fingerprint density at radius 1 is 1.29 bits per heavy atom. The lowest BCUT2D eigenvalue weighted by molar-refractivity contribution is -0.384. The van der Waals surface area contributed by atoms with Crippen LogP contribution >= 0.6 is 23.4 Å². The van der Waals surface area contributed by atoms with Crippen LogP contribution in [0.25, 0.3) is 0 Å². The maximum Gasteiger partial charge on any atom is 0.269 e. The Bertz CT molecular complexity index is 662. The average molecular weight is 324 g/mol. The largest absolute Gasteiger partial charge is 0.269 e. The van der Waals surface area contributed by atoms with Gasteiger partial charge >= 0.3 is 0 Å². The standard InChI is InChI=1S/C14H14ClN3O2S/c1-3-4-12-16-13(15)9(2)14(17-12)21-11-7-5-10(6-8-11)18(19)20/h5-8H,3-4H2,1-2H3. The summed E-state index contributed by atoms with van der Waals surface area (Å²) >= 11 is 7.56. The van der Waals surface area contributed by atoms with Crippen molar-refractivity contribution in [2.45, 2.75) is 36.6 Å². The van der Waals surface area contributed by atoms with Crippen LogP contribution in [-0.2, 0) is 6.42 Å². The molecule has 21 heavy (non-hydrogen) atoms. The number of aryl methyl sites for hydroxylation is 1. The van der Waals surface area contributed by atoms with Crippen LogP contribution < -0.4 is 0 Å². The highest BCUT2D eigenvalue weighted by Crippen LogP contribution is 2.32. The lowest BCUT2D eigenvalue weighted by Crippen LogP contribution is -1.99. The quantitative estimate of drug-likeness (QED) is 0.462. The van der Waals surface area contributed by atoms with E-state index in [1.165, 1.54) is 23.9 Å². The van der Waals surface area contributed by atoms with Gasteiger partial charge in [0, 0.05) is 29.0 Å². The number of hydrogen-bond donors (Lipinski definition) is 0. The third-order valence-corrected chi connectivity index (χ3v) is 4.29. The molecule has 110 valence electrons. The molecule has 0 saturated carbocycles. The van der Waals surface area contributed by atoms with Crippen LogP contribution in [0.15, 0.2) is 34.2 Å². The van der Waals surface area contributed by atoms with Crippen LogP contribution in [0.1, 0.15) is 24.7 Å². The molecule has 7 heteroatoms. The van der Waals surface area contributed by atoms with Gasteiger partial charge in [0.05, 0.1) is 4.92 Å². The first kappa shape index (κ1) is 15.7. The van der Waals surface area contributed by atoms with Gasteiger partial charge in [0.2, 0.25) is 0 Å². The van der Waals surface area contributed by atoms with Crippen molar-refractivity contribution in [3.63, 3.8) is 0 Å². The predicted octanol–water partition coefficient (Wildman–Crippen LogP) is 4.45. The molecule has 1 heterocycles. The molecule has 0 unspecified atom stereocenters. The van der Waals surface area contributed by atoms with E-state index in [0.29, 0.717) is 5.15 Å². The van der Waals surface area contributed by atoms with E-state index in [1.807, 2.05) is 6.92 Å². The highest BCUT2D eigenvalue weighted by atomic mass is 35.5. The van der Waals surface area contributed by atoms with Gasteiger partial charge < -0.3 is 0 Å². The van der Waals surface area contributed by atoms with Crippen LogP contribution in [0.5, 0.6) is 0 Å². The van der Waals surface area contributed by atoms with Crippen LogP contribution in [-0.4, -0.2) is 14.9 Å². The molecular weight excluding hydrogens is 310 g/mol. The number of nitro benzene ring substituents is 1. The first-order valence-corrected chi connectivity index (χ1v) is 7.66. The summed E-state index contributed by atoms with van der Waals surface area (Å²) < 4.78 is 0. The summed E-state index contributed by atoms with van der Waals surface area (Å²) in [6.45, 7) is 3.92. The fraction of sp³-hybridized carbons (Fsp3) is 0.286. The molecule has 0 spiro atoms. The molecule has 0 bridgehead atoms. The number of rotatable bonds is 5. The monoisotopic (exact) mass is 323 g/mol. The van der Waals surface area contributed by atoms with Crippen molar-refractivity contribution >= 4 is 29.1 Å². The molecular formula is C14H14ClN3O2S. The zero-order valence-corrected chi connectivity index (χ0v) is 13.2. The minimum absolute atomic E-state index is 0.0727. The third-order valence-electron chi connectivity index (χ3n) is 2.82. The number of hydrogen-bond acceptors (Lipinski definition) is 5. The summed E-state index contributed by atoms with van der Waals surface area (Å²) in [4.78, 5) is 19.9. The van der Waals surface area contributed by atoms with E-state index < -0.39 is 4.92 Å². The van der Waals surface area contributed by atoms with Crippen molar-refractivity contribution < 1.29 is 4.92 Å². The minimum Gasteiger partial charge on any atom is -0.258 e. The number of nitrogens with zero attached hydrogens (tertiary/aromatic N) is 3. The highest BCUT2D eigenvalue weighted by molar-refractivity contribution is 7.99. The zero-order valence-electron chi connectivity index (χ0n) is 11.7. The Morgan fingerprint density at radius 2 is 1.95 bits per heavy atom. The maximum absolute atomic E-state index is 10.6. The van der Waals surface area contributed by atoms with E-state index in [9.17, 15) is 10.1 Å². The van der Waals surface area contributed by atoms with Crippen molar-refractivity contribution in [2.24, 2.45) is 0 Å². The molecule has 0 aliphatic rings. The fourth-order valence-electron chi connectivity index (χ4n) is 1.69. The number of benzene rings is 1. The van der Waals surface area contributed by atoms with E-state index >= 15 is 0 Å². The van der Waals surface area contributed by atoms with Crippen molar-refractivity contribution in [3.8, 4) is 0 Å². The van der Waals surface area contributed by atoms with Gasteiger partial charge in [-0.1, -0.05) is 30.3 Å². The molecule has 0 amide bonds. The summed E-state index contributed by atoms with van der Waals surface area (Å²) in [6, 6.07) is 6.37. The summed E-state index contributed by atoms with van der Waals surface area (Å²) in [6.07, 6.45) is 1.72. The summed E-state index contributed by atoms with van der Waals surface area (Å²) in [7, 11) is 0. The second-order valence-electron chi connectivity index (χ2n) is 4.46. The Balaban J connectivity index is 2.27. The van der Waals surface area contributed by atoms with Crippen LogP contribution in [0.4, 0.5) is 5.69 Å².